The van der Waals surface area contributed by atoms with E-state index in [9.17, 15) is 4.79 Å². The maximum Gasteiger partial charge on any atom is 0.237 e. The lowest BCUT2D eigenvalue weighted by molar-refractivity contribution is -0.116. The summed E-state index contributed by atoms with van der Waals surface area (Å²) < 4.78 is 1.77. The SMILES string of the molecule is CCN(C(=O)CSc1nnnn1CCc1cccs1)c1ccccc1C. The lowest BCUT2D eigenvalue weighted by atomic mass is 10.2. The Hall–Kier alpha value is -2.19. The number of carbonyl (C=O) groups is 1. The normalized spacial score (nSPS) is 10.8. The first-order chi connectivity index (χ1) is 12.7. The van der Waals surface area contributed by atoms with Gasteiger partial charge < -0.3 is 4.90 Å². The number of thiophene rings is 1. The van der Waals surface area contributed by atoms with Crippen LogP contribution in [0.1, 0.15) is 17.4 Å². The van der Waals surface area contributed by atoms with Crippen LogP contribution in [0.5, 0.6) is 0 Å². The van der Waals surface area contributed by atoms with Crippen molar-refractivity contribution in [1.82, 2.24) is 20.2 Å². The van der Waals surface area contributed by atoms with E-state index < -0.39 is 0 Å². The zero-order valence-corrected chi connectivity index (χ0v) is 16.5. The van der Waals surface area contributed by atoms with Gasteiger partial charge in [-0.15, -0.1) is 16.4 Å². The number of para-hydroxylation sites is 1. The third-order valence-corrected chi connectivity index (χ3v) is 5.88. The van der Waals surface area contributed by atoms with Crippen molar-refractivity contribution in [2.45, 2.75) is 32.0 Å². The van der Waals surface area contributed by atoms with Gasteiger partial charge in [-0.3, -0.25) is 4.79 Å². The summed E-state index contributed by atoms with van der Waals surface area (Å²) in [5.41, 5.74) is 2.05. The fourth-order valence-electron chi connectivity index (χ4n) is 2.66. The standard InChI is InChI=1S/C18H21N5OS2/c1-3-22(16-9-5-4-7-14(16)2)17(24)13-26-18-19-20-21-23(18)11-10-15-8-6-12-25-15/h4-9,12H,3,10-11,13H2,1-2H3. The third-order valence-electron chi connectivity index (χ3n) is 4.00. The zero-order valence-electron chi connectivity index (χ0n) is 14.8. The number of rotatable bonds is 8. The van der Waals surface area contributed by atoms with Gasteiger partial charge in [0.05, 0.1) is 12.3 Å². The maximum absolute atomic E-state index is 12.7. The smallest absolute Gasteiger partial charge is 0.237 e. The molecule has 26 heavy (non-hydrogen) atoms. The fourth-order valence-corrected chi connectivity index (χ4v) is 4.14. The van der Waals surface area contributed by atoms with E-state index in [1.165, 1.54) is 16.6 Å². The molecule has 0 unspecified atom stereocenters. The molecule has 0 saturated heterocycles. The molecule has 0 fully saturated rings. The summed E-state index contributed by atoms with van der Waals surface area (Å²) in [5.74, 6) is 0.362. The average molecular weight is 388 g/mol. The number of aryl methyl sites for hydroxylation is 3. The number of thioether (sulfide) groups is 1. The summed E-state index contributed by atoms with van der Waals surface area (Å²) in [4.78, 5) is 15.8. The molecule has 0 radical (unpaired) electrons. The molecule has 1 aromatic carbocycles. The van der Waals surface area contributed by atoms with Crippen LogP contribution in [0, 0.1) is 6.92 Å². The number of nitrogens with zero attached hydrogens (tertiary/aromatic N) is 5. The summed E-state index contributed by atoms with van der Waals surface area (Å²) >= 11 is 3.11. The highest BCUT2D eigenvalue weighted by molar-refractivity contribution is 7.99. The minimum Gasteiger partial charge on any atom is -0.312 e. The third kappa shape index (κ3) is 4.50. The summed E-state index contributed by atoms with van der Waals surface area (Å²) in [6.45, 7) is 5.34. The van der Waals surface area contributed by atoms with E-state index >= 15 is 0 Å². The van der Waals surface area contributed by atoms with Gasteiger partial charge in [0.1, 0.15) is 0 Å². The van der Waals surface area contributed by atoms with Crippen LogP contribution in [-0.4, -0.2) is 38.4 Å². The number of hydrogen-bond donors (Lipinski definition) is 0. The second kappa shape index (κ2) is 8.95. The first kappa shape index (κ1) is 18.6. The summed E-state index contributed by atoms with van der Waals surface area (Å²) in [6, 6.07) is 12.1. The molecule has 3 aromatic rings. The van der Waals surface area contributed by atoms with E-state index in [-0.39, 0.29) is 5.91 Å². The molecule has 2 aromatic heterocycles. The Kier molecular flexibility index (Phi) is 6.40. The molecule has 8 heteroatoms. The number of carbonyl (C=O) groups excluding carboxylic acids is 1. The van der Waals surface area contributed by atoms with Crippen molar-refractivity contribution in [3.05, 3.63) is 52.2 Å². The highest BCUT2D eigenvalue weighted by Crippen LogP contribution is 2.22. The molecule has 0 aliphatic heterocycles. The predicted molar refractivity (Wildman–Crippen MR) is 106 cm³/mol. The van der Waals surface area contributed by atoms with Gasteiger partial charge in [-0.2, -0.15) is 0 Å². The van der Waals surface area contributed by atoms with Gasteiger partial charge in [-0.05, 0) is 47.4 Å². The molecule has 0 bridgehead atoms. The summed E-state index contributed by atoms with van der Waals surface area (Å²) in [5, 5.41) is 14.6. The van der Waals surface area contributed by atoms with Crippen LogP contribution in [0.3, 0.4) is 0 Å². The molecule has 136 valence electrons. The van der Waals surface area contributed by atoms with Crippen molar-refractivity contribution >= 4 is 34.7 Å². The quantitative estimate of drug-likeness (QED) is 0.554. The fraction of sp³-hybridized carbons (Fsp3) is 0.333. The number of tetrazole rings is 1. The Bertz CT molecular complexity index is 847. The molecule has 6 nitrogen and oxygen atoms in total. The molecular formula is C18H21N5OS2. The molecule has 0 saturated carbocycles. The molecule has 0 aliphatic carbocycles. The van der Waals surface area contributed by atoms with Crippen molar-refractivity contribution in [2.75, 3.05) is 17.2 Å². The molecule has 0 N–H and O–H groups in total. The Labute approximate surface area is 161 Å². The second-order valence-electron chi connectivity index (χ2n) is 5.73. The Morgan fingerprint density at radius 1 is 1.27 bits per heavy atom. The van der Waals surface area contributed by atoms with Gasteiger partial charge in [0.25, 0.3) is 0 Å². The van der Waals surface area contributed by atoms with Crippen LogP contribution >= 0.6 is 23.1 Å². The molecule has 0 spiro atoms. The Morgan fingerprint density at radius 3 is 2.85 bits per heavy atom. The van der Waals surface area contributed by atoms with E-state index in [1.807, 2.05) is 49.1 Å². The second-order valence-corrected chi connectivity index (χ2v) is 7.70. The molecule has 1 amide bonds. The molecule has 0 atom stereocenters. The van der Waals surface area contributed by atoms with Crippen molar-refractivity contribution in [1.29, 1.82) is 0 Å². The zero-order chi connectivity index (χ0) is 18.4. The Balaban J connectivity index is 1.61. The minimum absolute atomic E-state index is 0.0552. The van der Waals surface area contributed by atoms with Crippen LogP contribution in [-0.2, 0) is 17.8 Å². The van der Waals surface area contributed by atoms with E-state index in [2.05, 4.69) is 27.0 Å². The van der Waals surface area contributed by atoms with Crippen LogP contribution in [0.25, 0.3) is 0 Å². The van der Waals surface area contributed by atoms with E-state index in [1.54, 1.807) is 16.0 Å². The molecule has 3 rings (SSSR count). The number of hydrogen-bond acceptors (Lipinski definition) is 6. The highest BCUT2D eigenvalue weighted by Gasteiger charge is 2.17. The topological polar surface area (TPSA) is 63.9 Å². The summed E-state index contributed by atoms with van der Waals surface area (Å²) in [6.07, 6.45) is 0.883. The number of benzene rings is 1. The molecule has 2 heterocycles. The molecule has 0 aliphatic rings. The summed E-state index contributed by atoms with van der Waals surface area (Å²) in [7, 11) is 0. The van der Waals surface area contributed by atoms with Crippen molar-refractivity contribution in [2.24, 2.45) is 0 Å². The number of aromatic nitrogens is 4. The van der Waals surface area contributed by atoms with Crippen molar-refractivity contribution in [3.8, 4) is 0 Å². The van der Waals surface area contributed by atoms with E-state index in [4.69, 9.17) is 0 Å². The van der Waals surface area contributed by atoms with Crippen LogP contribution in [0.2, 0.25) is 0 Å². The van der Waals surface area contributed by atoms with Crippen LogP contribution in [0.15, 0.2) is 46.9 Å². The van der Waals surface area contributed by atoms with Gasteiger partial charge in [0, 0.05) is 23.5 Å². The van der Waals surface area contributed by atoms with E-state index in [0.29, 0.717) is 24.0 Å². The maximum atomic E-state index is 12.7. The molecular weight excluding hydrogens is 366 g/mol. The van der Waals surface area contributed by atoms with Crippen LogP contribution in [0.4, 0.5) is 5.69 Å². The van der Waals surface area contributed by atoms with Gasteiger partial charge in [-0.1, -0.05) is 36.0 Å². The number of anilines is 1. The number of amides is 1. The first-order valence-electron chi connectivity index (χ1n) is 8.46. The first-order valence-corrected chi connectivity index (χ1v) is 10.3. The van der Waals surface area contributed by atoms with Crippen LogP contribution < -0.4 is 4.90 Å². The lowest BCUT2D eigenvalue weighted by Gasteiger charge is -2.22. The average Bonchev–Trinajstić information content (AvgIpc) is 3.32. The van der Waals surface area contributed by atoms with Crippen molar-refractivity contribution < 1.29 is 4.79 Å². The predicted octanol–water partition coefficient (Wildman–Crippen LogP) is 3.43. The van der Waals surface area contributed by atoms with Gasteiger partial charge in [-0.25, -0.2) is 4.68 Å². The monoisotopic (exact) mass is 387 g/mol. The highest BCUT2D eigenvalue weighted by atomic mass is 32.2. The van der Waals surface area contributed by atoms with Gasteiger partial charge in [0.2, 0.25) is 11.1 Å². The van der Waals surface area contributed by atoms with E-state index in [0.717, 1.165) is 17.7 Å². The van der Waals surface area contributed by atoms with Crippen molar-refractivity contribution in [3.63, 3.8) is 0 Å². The minimum atomic E-state index is 0.0552. The largest absolute Gasteiger partial charge is 0.312 e. The lowest BCUT2D eigenvalue weighted by Crippen LogP contribution is -2.32. The Morgan fingerprint density at radius 2 is 2.12 bits per heavy atom. The van der Waals surface area contributed by atoms with Gasteiger partial charge in [0.15, 0.2) is 0 Å². The van der Waals surface area contributed by atoms with Gasteiger partial charge >= 0.3 is 0 Å².